The first-order valence-electron chi connectivity index (χ1n) is 8.47. The number of fused-ring (bicyclic) bond motifs is 2. The van der Waals surface area contributed by atoms with Crippen molar-refractivity contribution in [3.63, 3.8) is 0 Å². The quantitative estimate of drug-likeness (QED) is 0.772. The van der Waals surface area contributed by atoms with Gasteiger partial charge in [-0.05, 0) is 65.0 Å². The molecule has 0 radical (unpaired) electrons. The predicted molar refractivity (Wildman–Crippen MR) is 89.8 cm³/mol. The molecule has 2 heterocycles. The Morgan fingerprint density at radius 2 is 1.64 bits per heavy atom. The van der Waals surface area contributed by atoms with E-state index in [2.05, 4.69) is 47.6 Å². The van der Waals surface area contributed by atoms with E-state index >= 15 is 0 Å². The summed E-state index contributed by atoms with van der Waals surface area (Å²) < 4.78 is 0. The summed E-state index contributed by atoms with van der Waals surface area (Å²) >= 11 is 0. The first-order valence-corrected chi connectivity index (χ1v) is 8.47. The summed E-state index contributed by atoms with van der Waals surface area (Å²) in [6, 6.07) is 6.82. The molecule has 0 aliphatic carbocycles. The van der Waals surface area contributed by atoms with E-state index in [9.17, 15) is 5.11 Å². The number of aromatic nitrogens is 1. The normalized spacial score (nSPS) is 25.6. The number of β-amino-alcohol motifs (C(OH)–C–C–N with tert-alkyl or cyclic N) is 1. The molecular weight excluding hydrogens is 276 g/mol. The number of rotatable bonds is 2. The lowest BCUT2D eigenvalue weighted by molar-refractivity contribution is 0.191. The molecule has 1 aromatic heterocycles. The maximum absolute atomic E-state index is 9.18. The zero-order valence-electron chi connectivity index (χ0n) is 13.9. The van der Waals surface area contributed by atoms with Gasteiger partial charge in [0.2, 0.25) is 0 Å². The number of aliphatic hydroxyl groups is 1. The average Bonchev–Trinajstić information content (AvgIpc) is 2.54. The Balaban J connectivity index is 2.03. The topological polar surface area (TPSA) is 60.4 Å². The van der Waals surface area contributed by atoms with Crippen molar-refractivity contribution in [1.29, 1.82) is 0 Å². The highest BCUT2D eigenvalue weighted by molar-refractivity contribution is 5.16. The van der Waals surface area contributed by atoms with Crippen LogP contribution in [0.3, 0.4) is 0 Å². The molecule has 0 unspecified atom stereocenters. The van der Waals surface area contributed by atoms with Crippen molar-refractivity contribution in [2.45, 2.75) is 38.8 Å². The number of hydrogen-bond acceptors (Lipinski definition) is 5. The van der Waals surface area contributed by atoms with Crippen LogP contribution in [0.25, 0.3) is 0 Å². The van der Waals surface area contributed by atoms with E-state index in [1.165, 1.54) is 0 Å². The number of aliphatic hydroxyl groups excluding tert-OH is 1. The Morgan fingerprint density at radius 1 is 1.09 bits per heavy atom. The van der Waals surface area contributed by atoms with Crippen LogP contribution in [0.5, 0.6) is 0 Å². The van der Waals surface area contributed by atoms with Crippen molar-refractivity contribution in [2.75, 3.05) is 39.3 Å². The molecule has 0 amide bonds. The van der Waals surface area contributed by atoms with E-state index in [-0.39, 0.29) is 18.7 Å². The van der Waals surface area contributed by atoms with Crippen molar-refractivity contribution in [1.82, 2.24) is 20.5 Å². The fourth-order valence-electron chi connectivity index (χ4n) is 2.88. The maximum Gasteiger partial charge on any atom is 0.0574 e. The third kappa shape index (κ3) is 5.32. The van der Waals surface area contributed by atoms with Gasteiger partial charge in [-0.25, -0.2) is 0 Å². The van der Waals surface area contributed by atoms with E-state index in [4.69, 9.17) is 4.98 Å². The number of nitrogens with one attached hydrogen (secondary N) is 2. The van der Waals surface area contributed by atoms with Crippen molar-refractivity contribution in [2.24, 2.45) is 0 Å². The van der Waals surface area contributed by atoms with Crippen LogP contribution >= 0.6 is 0 Å². The average molecular weight is 306 g/mol. The molecule has 0 aromatic carbocycles. The summed E-state index contributed by atoms with van der Waals surface area (Å²) in [7, 11) is 0. The molecule has 3 N–H and O–H groups in total. The Kier molecular flexibility index (Phi) is 7.25. The van der Waals surface area contributed by atoms with Gasteiger partial charge in [0, 0.05) is 18.6 Å². The molecule has 1 aromatic rings. The Bertz CT molecular complexity index is 407. The standard InChI is InChI=1S/C17H30N4O/c1-14-16-6-3-7-17(20-16)15(2)19-9-5-11-21(12-13-22)10-4-8-18-14/h3,6-7,14-15,18-19,22H,4-5,8-13H2,1-2H3/t14-,15-/m0/s1. The summed E-state index contributed by atoms with van der Waals surface area (Å²) in [5.41, 5.74) is 2.21. The molecule has 124 valence electrons. The van der Waals surface area contributed by atoms with E-state index in [1.807, 2.05) is 0 Å². The van der Waals surface area contributed by atoms with Crippen molar-refractivity contribution >= 4 is 0 Å². The fraction of sp³-hybridized carbons (Fsp3) is 0.706. The molecule has 5 nitrogen and oxygen atoms in total. The summed E-state index contributed by atoms with van der Waals surface area (Å²) in [6.07, 6.45) is 2.18. The second kappa shape index (κ2) is 9.20. The Morgan fingerprint density at radius 3 is 2.14 bits per heavy atom. The van der Waals surface area contributed by atoms with Gasteiger partial charge in [0.15, 0.2) is 0 Å². The first-order chi connectivity index (χ1) is 10.7. The van der Waals surface area contributed by atoms with Gasteiger partial charge < -0.3 is 20.6 Å². The van der Waals surface area contributed by atoms with E-state index in [1.54, 1.807) is 0 Å². The lowest BCUT2D eigenvalue weighted by Crippen LogP contribution is -2.34. The minimum absolute atomic E-state index is 0.238. The van der Waals surface area contributed by atoms with Gasteiger partial charge in [-0.3, -0.25) is 4.98 Å². The lowest BCUT2D eigenvalue weighted by atomic mass is 10.1. The Labute approximate surface area is 134 Å². The van der Waals surface area contributed by atoms with Gasteiger partial charge in [-0.1, -0.05) is 6.07 Å². The third-order valence-electron chi connectivity index (χ3n) is 4.30. The molecule has 2 bridgehead atoms. The van der Waals surface area contributed by atoms with Gasteiger partial charge in [-0.2, -0.15) is 0 Å². The molecule has 22 heavy (non-hydrogen) atoms. The monoisotopic (exact) mass is 306 g/mol. The SMILES string of the molecule is C[C@@H]1NCCCN(CCO)CCCN[C@@H](C)c2cccc1n2. The highest BCUT2D eigenvalue weighted by Gasteiger charge is 2.12. The van der Waals surface area contributed by atoms with Gasteiger partial charge >= 0.3 is 0 Å². The second-order valence-electron chi connectivity index (χ2n) is 6.11. The van der Waals surface area contributed by atoms with E-state index < -0.39 is 0 Å². The van der Waals surface area contributed by atoms with Crippen molar-refractivity contribution < 1.29 is 5.11 Å². The Hall–Kier alpha value is -1.01. The van der Waals surface area contributed by atoms with Gasteiger partial charge in [-0.15, -0.1) is 0 Å². The van der Waals surface area contributed by atoms with Crippen LogP contribution in [0.2, 0.25) is 0 Å². The summed E-state index contributed by atoms with van der Waals surface area (Å²) in [6.45, 7) is 9.36. The molecule has 2 rings (SSSR count). The van der Waals surface area contributed by atoms with Gasteiger partial charge in [0.1, 0.15) is 0 Å². The number of hydrogen-bond donors (Lipinski definition) is 3. The number of nitrogens with zero attached hydrogens (tertiary/aromatic N) is 2. The molecule has 5 heteroatoms. The molecule has 0 saturated carbocycles. The smallest absolute Gasteiger partial charge is 0.0574 e. The minimum Gasteiger partial charge on any atom is -0.395 e. The molecule has 1 aliphatic rings. The van der Waals surface area contributed by atoms with E-state index in [0.29, 0.717) is 0 Å². The predicted octanol–water partition coefficient (Wildman–Crippen LogP) is 1.47. The summed E-state index contributed by atoms with van der Waals surface area (Å²) in [5.74, 6) is 0. The van der Waals surface area contributed by atoms with Crippen LogP contribution in [0, 0.1) is 0 Å². The van der Waals surface area contributed by atoms with Crippen molar-refractivity contribution in [3.05, 3.63) is 29.6 Å². The molecule has 0 fully saturated rings. The van der Waals surface area contributed by atoms with Gasteiger partial charge in [0.05, 0.1) is 18.0 Å². The molecular formula is C17H30N4O. The summed E-state index contributed by atoms with van der Waals surface area (Å²) in [5, 5.41) is 16.3. The van der Waals surface area contributed by atoms with Gasteiger partial charge in [0.25, 0.3) is 0 Å². The van der Waals surface area contributed by atoms with Crippen LogP contribution in [0.1, 0.15) is 50.2 Å². The van der Waals surface area contributed by atoms with Crippen LogP contribution in [-0.4, -0.2) is 54.3 Å². The van der Waals surface area contributed by atoms with E-state index in [0.717, 1.165) is 57.0 Å². The third-order valence-corrected chi connectivity index (χ3v) is 4.30. The zero-order chi connectivity index (χ0) is 15.8. The largest absolute Gasteiger partial charge is 0.395 e. The van der Waals surface area contributed by atoms with Crippen LogP contribution in [-0.2, 0) is 0 Å². The highest BCUT2D eigenvalue weighted by atomic mass is 16.3. The molecule has 0 spiro atoms. The molecule has 0 saturated heterocycles. The second-order valence-corrected chi connectivity index (χ2v) is 6.11. The lowest BCUT2D eigenvalue weighted by Gasteiger charge is -2.24. The first kappa shape index (κ1) is 17.3. The highest BCUT2D eigenvalue weighted by Crippen LogP contribution is 2.15. The van der Waals surface area contributed by atoms with Crippen LogP contribution < -0.4 is 10.6 Å². The fourth-order valence-corrected chi connectivity index (χ4v) is 2.88. The molecule has 1 aliphatic heterocycles. The zero-order valence-corrected chi connectivity index (χ0v) is 13.9. The maximum atomic E-state index is 9.18. The van der Waals surface area contributed by atoms with Crippen LogP contribution in [0.4, 0.5) is 0 Å². The number of pyridine rings is 1. The molecule has 2 atom stereocenters. The minimum atomic E-state index is 0.238. The van der Waals surface area contributed by atoms with Crippen LogP contribution in [0.15, 0.2) is 18.2 Å². The summed E-state index contributed by atoms with van der Waals surface area (Å²) in [4.78, 5) is 7.15. The van der Waals surface area contributed by atoms with Crippen molar-refractivity contribution in [3.8, 4) is 0 Å².